The second kappa shape index (κ2) is 9.76. The third-order valence-corrected chi connectivity index (χ3v) is 7.35. The molecule has 216 valence electrons. The second-order valence-corrected chi connectivity index (χ2v) is 11.5. The summed E-state index contributed by atoms with van der Waals surface area (Å²) in [5.74, 6) is 1.13. The number of benzene rings is 2. The van der Waals surface area contributed by atoms with Crippen molar-refractivity contribution in [2.24, 2.45) is 21.1 Å². The van der Waals surface area contributed by atoms with Crippen molar-refractivity contribution in [3.8, 4) is 28.4 Å². The van der Waals surface area contributed by atoms with Crippen molar-refractivity contribution in [1.82, 2.24) is 38.4 Å². The van der Waals surface area contributed by atoms with Crippen molar-refractivity contribution in [2.75, 3.05) is 0 Å². The maximum absolute atomic E-state index is 14.5. The highest BCUT2D eigenvalue weighted by atomic mass is 35.5. The van der Waals surface area contributed by atoms with Gasteiger partial charge in [-0.05, 0) is 23.8 Å². The number of aryl methyl sites for hydroxylation is 3. The monoisotopic (exact) mass is 592 g/mol. The molecule has 10 nitrogen and oxygen atoms in total. The highest BCUT2D eigenvalue weighted by molar-refractivity contribution is 6.29. The van der Waals surface area contributed by atoms with Crippen LogP contribution < -0.4 is 10.4 Å². The minimum atomic E-state index is -2.75. The minimum Gasteiger partial charge on any atom is -0.437 e. The molecule has 0 fully saturated rings. The van der Waals surface area contributed by atoms with Crippen molar-refractivity contribution in [3.63, 3.8) is 0 Å². The lowest BCUT2D eigenvalue weighted by Gasteiger charge is -2.21. The highest BCUT2D eigenvalue weighted by Crippen LogP contribution is 2.39. The van der Waals surface area contributed by atoms with Gasteiger partial charge < -0.3 is 4.74 Å². The number of alkyl halides is 2. The number of hydrogen-bond donors (Lipinski definition) is 0. The topological polar surface area (TPSA) is 97.6 Å². The minimum absolute atomic E-state index is 0.141. The lowest BCUT2D eigenvalue weighted by molar-refractivity contribution is 0.152. The predicted octanol–water partition coefficient (Wildman–Crippen LogP) is 6.09. The molecule has 0 saturated carbocycles. The summed E-state index contributed by atoms with van der Waals surface area (Å²) in [7, 11) is 5.04. The third kappa shape index (κ3) is 4.51. The smallest absolute Gasteiger partial charge is 0.328 e. The fourth-order valence-electron chi connectivity index (χ4n) is 5.18. The molecule has 2 aromatic carbocycles. The molecule has 13 heteroatoms. The van der Waals surface area contributed by atoms with Crippen molar-refractivity contribution in [2.45, 2.75) is 32.6 Å². The van der Waals surface area contributed by atoms with E-state index in [1.165, 1.54) is 27.6 Å². The summed E-state index contributed by atoms with van der Waals surface area (Å²) in [6.45, 7) is 5.99. The van der Waals surface area contributed by atoms with Crippen LogP contribution in [0, 0.1) is 0 Å². The Balaban J connectivity index is 1.68. The first-order chi connectivity index (χ1) is 19.8. The van der Waals surface area contributed by atoms with E-state index in [1.807, 2.05) is 31.4 Å². The summed E-state index contributed by atoms with van der Waals surface area (Å²) in [5, 5.41) is 4.35. The summed E-state index contributed by atoms with van der Waals surface area (Å²) < 4.78 is 41.6. The molecule has 4 heterocycles. The summed E-state index contributed by atoms with van der Waals surface area (Å²) >= 11 is 6.07. The lowest BCUT2D eigenvalue weighted by atomic mass is 9.95. The molecule has 6 aromatic rings. The molecule has 0 amide bonds. The van der Waals surface area contributed by atoms with Crippen molar-refractivity contribution >= 4 is 33.7 Å². The van der Waals surface area contributed by atoms with Gasteiger partial charge in [-0.25, -0.2) is 28.5 Å². The van der Waals surface area contributed by atoms with E-state index in [9.17, 15) is 13.6 Å². The third-order valence-electron chi connectivity index (χ3n) is 7.14. The van der Waals surface area contributed by atoms with Crippen molar-refractivity contribution in [1.29, 1.82) is 0 Å². The number of imidazole rings is 2. The predicted molar refractivity (Wildman–Crippen MR) is 156 cm³/mol. The van der Waals surface area contributed by atoms with E-state index in [-0.39, 0.29) is 22.3 Å². The first-order valence-corrected chi connectivity index (χ1v) is 13.4. The number of fused-ring (bicyclic) bond motifs is 2. The maximum Gasteiger partial charge on any atom is 0.328 e. The molecule has 0 aliphatic heterocycles. The maximum atomic E-state index is 14.5. The van der Waals surface area contributed by atoms with Crippen LogP contribution in [-0.4, -0.2) is 38.4 Å². The van der Waals surface area contributed by atoms with Crippen LogP contribution in [0.1, 0.15) is 38.6 Å². The van der Waals surface area contributed by atoms with Gasteiger partial charge in [-0.1, -0.05) is 32.4 Å². The largest absolute Gasteiger partial charge is 0.437 e. The van der Waals surface area contributed by atoms with Crippen LogP contribution in [-0.2, 0) is 26.6 Å². The Hall–Kier alpha value is -4.58. The van der Waals surface area contributed by atoms with Crippen LogP contribution in [0.25, 0.3) is 38.9 Å². The Labute approximate surface area is 243 Å². The Morgan fingerprint density at radius 3 is 2.38 bits per heavy atom. The van der Waals surface area contributed by atoms with Gasteiger partial charge in [-0.2, -0.15) is 5.10 Å². The van der Waals surface area contributed by atoms with Crippen LogP contribution in [0.2, 0.25) is 5.15 Å². The highest BCUT2D eigenvalue weighted by Gasteiger charge is 2.28. The lowest BCUT2D eigenvalue weighted by Crippen LogP contribution is -2.19. The first kappa shape index (κ1) is 27.6. The molecule has 0 saturated heterocycles. The Morgan fingerprint density at radius 1 is 0.976 bits per heavy atom. The van der Waals surface area contributed by atoms with Gasteiger partial charge in [-0.15, -0.1) is 0 Å². The summed E-state index contributed by atoms with van der Waals surface area (Å²) in [6, 6.07) is 8.18. The zero-order chi connectivity index (χ0) is 30.1. The number of ether oxygens (including phenoxy) is 1. The SMILES string of the molecule is Cn1cc(-c2cc3nc(C(C)(C)C)n(-c4cc(Oc5cc(Cl)ncn5)c5c(c4)n(C)c(=O)n5C)c3cc2C(F)F)cn1. The van der Waals surface area contributed by atoms with E-state index in [2.05, 4.69) is 15.1 Å². The van der Waals surface area contributed by atoms with Gasteiger partial charge in [0.15, 0.2) is 5.75 Å². The zero-order valence-corrected chi connectivity index (χ0v) is 24.5. The molecule has 0 unspecified atom stereocenters. The van der Waals surface area contributed by atoms with Crippen LogP contribution in [0.15, 0.2) is 53.8 Å². The van der Waals surface area contributed by atoms with Crippen LogP contribution >= 0.6 is 11.6 Å². The van der Waals surface area contributed by atoms with Crippen LogP contribution in [0.5, 0.6) is 11.6 Å². The standard InChI is InChI=1S/C29H27ClF2N8O2/c1-29(2,3)27-36-19-9-17(15-12-35-37(4)13-15)18(26(31)32)10-20(19)40(27)16-7-21-25(39(6)28(41)38(21)5)22(8-16)42-24-11-23(30)33-14-34-24/h7-14,26H,1-6H3. The summed E-state index contributed by atoms with van der Waals surface area (Å²) in [6.07, 6.45) is 1.78. The fourth-order valence-corrected chi connectivity index (χ4v) is 5.32. The molecule has 6 rings (SSSR count). The normalized spacial score (nSPS) is 12.2. The van der Waals surface area contributed by atoms with Gasteiger partial charge in [0.1, 0.15) is 22.8 Å². The molecule has 0 N–H and O–H groups in total. The van der Waals surface area contributed by atoms with E-state index in [0.717, 1.165) is 0 Å². The quantitative estimate of drug-likeness (QED) is 0.225. The molecule has 0 atom stereocenters. The van der Waals surface area contributed by atoms with E-state index >= 15 is 0 Å². The molecular formula is C29H27ClF2N8O2. The summed E-state index contributed by atoms with van der Waals surface area (Å²) in [4.78, 5) is 26.0. The van der Waals surface area contributed by atoms with E-state index < -0.39 is 11.8 Å². The number of aromatic nitrogens is 8. The molecule has 0 radical (unpaired) electrons. The van der Waals surface area contributed by atoms with Crippen molar-refractivity contribution in [3.05, 3.63) is 76.1 Å². The second-order valence-electron chi connectivity index (χ2n) is 11.1. The van der Waals surface area contributed by atoms with Gasteiger partial charge in [0.05, 0.1) is 28.4 Å². The Bertz CT molecular complexity index is 2070. The molecule has 0 aliphatic rings. The van der Waals surface area contributed by atoms with Gasteiger partial charge in [0.25, 0.3) is 6.43 Å². The summed E-state index contributed by atoms with van der Waals surface area (Å²) in [5.41, 5.74) is 2.72. The van der Waals surface area contributed by atoms with Crippen LogP contribution in [0.4, 0.5) is 8.78 Å². The molecule has 0 spiro atoms. The number of hydrogen-bond acceptors (Lipinski definition) is 6. The molecule has 4 aromatic heterocycles. The molecular weight excluding hydrogens is 566 g/mol. The van der Waals surface area contributed by atoms with Crippen molar-refractivity contribution < 1.29 is 13.5 Å². The zero-order valence-electron chi connectivity index (χ0n) is 23.7. The van der Waals surface area contributed by atoms with E-state index in [4.69, 9.17) is 21.3 Å². The molecule has 0 bridgehead atoms. The van der Waals surface area contributed by atoms with Crippen LogP contribution in [0.3, 0.4) is 0 Å². The molecule has 0 aliphatic carbocycles. The number of rotatable bonds is 5. The van der Waals surface area contributed by atoms with Gasteiger partial charge in [0.2, 0.25) is 5.88 Å². The van der Waals surface area contributed by atoms with E-state index in [0.29, 0.717) is 50.5 Å². The Morgan fingerprint density at radius 2 is 1.74 bits per heavy atom. The van der Waals surface area contributed by atoms with E-state index in [1.54, 1.807) is 50.4 Å². The Kier molecular flexibility index (Phi) is 6.41. The average molecular weight is 593 g/mol. The van der Waals surface area contributed by atoms with Gasteiger partial charge in [-0.3, -0.25) is 18.4 Å². The first-order valence-electron chi connectivity index (χ1n) is 13.0. The average Bonchev–Trinajstić information content (AvgIpc) is 3.59. The van der Waals surface area contributed by atoms with Gasteiger partial charge in [0, 0.05) is 56.0 Å². The fraction of sp³-hybridized carbons (Fsp3) is 0.276. The number of halogens is 3. The number of nitrogens with zero attached hydrogens (tertiary/aromatic N) is 8. The molecule has 42 heavy (non-hydrogen) atoms. The van der Waals surface area contributed by atoms with Gasteiger partial charge >= 0.3 is 5.69 Å².